The first-order valence-electron chi connectivity index (χ1n) is 19.4. The molecule has 2 aliphatic heterocycles. The SMILES string of the molecule is CCC1OCCCC=CC2CC2(C(=O)NS(=O)(=O)C2(C)CC2)NC(=O)C2CC(Oc3nc(OC)cc4cc(OC)ccc34)CN2C(=O)C1NC(=O)OC(C)(C)C(F)(F)F. The average molecular weight is 854 g/mol. The van der Waals surface area contributed by atoms with E-state index in [-0.39, 0.29) is 44.2 Å². The van der Waals surface area contributed by atoms with Crippen molar-refractivity contribution in [1.29, 1.82) is 0 Å². The lowest BCUT2D eigenvalue weighted by Crippen LogP contribution is -2.61. The fourth-order valence-electron chi connectivity index (χ4n) is 7.19. The van der Waals surface area contributed by atoms with Gasteiger partial charge in [-0.25, -0.2) is 13.2 Å². The van der Waals surface area contributed by atoms with E-state index in [0.29, 0.717) is 56.1 Å². The Morgan fingerprint density at radius 3 is 2.49 bits per heavy atom. The lowest BCUT2D eigenvalue weighted by Gasteiger charge is -2.34. The molecule has 4 amide bonds. The fraction of sp³-hybridized carbons (Fsp3) is 0.615. The summed E-state index contributed by atoms with van der Waals surface area (Å²) >= 11 is 0. The number of hydrogen-bond acceptors (Lipinski definition) is 12. The van der Waals surface area contributed by atoms with Crippen molar-refractivity contribution in [2.45, 2.75) is 119 Å². The van der Waals surface area contributed by atoms with E-state index in [1.807, 2.05) is 0 Å². The summed E-state index contributed by atoms with van der Waals surface area (Å²) in [7, 11) is -1.18. The van der Waals surface area contributed by atoms with Crippen LogP contribution in [0.5, 0.6) is 17.5 Å². The Kier molecular flexibility index (Phi) is 12.1. The van der Waals surface area contributed by atoms with Gasteiger partial charge in [-0.2, -0.15) is 18.2 Å². The van der Waals surface area contributed by atoms with Gasteiger partial charge in [-0.05, 0) is 82.9 Å². The molecule has 16 nitrogen and oxygen atoms in total. The normalized spacial score (nSPS) is 27.3. The Morgan fingerprint density at radius 1 is 1.12 bits per heavy atom. The molecule has 6 atom stereocenters. The van der Waals surface area contributed by atoms with Crippen LogP contribution in [0.15, 0.2) is 36.4 Å². The molecule has 0 spiro atoms. The third-order valence-electron chi connectivity index (χ3n) is 11.5. The Morgan fingerprint density at radius 2 is 1.85 bits per heavy atom. The van der Waals surface area contributed by atoms with Gasteiger partial charge < -0.3 is 39.2 Å². The summed E-state index contributed by atoms with van der Waals surface area (Å²) < 4.78 is 96.6. The number of pyridine rings is 1. The molecule has 1 saturated heterocycles. The van der Waals surface area contributed by atoms with Crippen LogP contribution in [-0.4, -0.2) is 116 Å². The smallest absolute Gasteiger partial charge is 0.427 e. The van der Waals surface area contributed by atoms with Crippen LogP contribution in [-0.2, 0) is 33.9 Å². The molecule has 1 aromatic carbocycles. The number of hydrogen-bond donors (Lipinski definition) is 3. The highest BCUT2D eigenvalue weighted by Crippen LogP contribution is 2.47. The van der Waals surface area contributed by atoms with E-state index in [4.69, 9.17) is 23.7 Å². The Balaban J connectivity index is 1.37. The molecule has 0 bridgehead atoms. The number of fused-ring (bicyclic) bond motifs is 3. The minimum atomic E-state index is -4.95. The maximum absolute atomic E-state index is 14.8. The van der Waals surface area contributed by atoms with Gasteiger partial charge >= 0.3 is 12.3 Å². The first-order chi connectivity index (χ1) is 27.7. The Labute approximate surface area is 339 Å². The number of alkyl halides is 3. The van der Waals surface area contributed by atoms with Gasteiger partial charge in [0.25, 0.3) is 5.91 Å². The van der Waals surface area contributed by atoms with Crippen LogP contribution < -0.4 is 29.6 Å². The van der Waals surface area contributed by atoms with Gasteiger partial charge in [0.05, 0.1) is 31.6 Å². The number of allylic oxidation sites excluding steroid dienone is 1. The number of amides is 4. The molecule has 6 rings (SSSR count). The van der Waals surface area contributed by atoms with Crippen molar-refractivity contribution in [1.82, 2.24) is 25.2 Å². The minimum Gasteiger partial charge on any atom is -0.497 e. The standard InChI is InChI=1S/C39H50F3N5O11S/c1-7-28-30(44-35(51)58-36(2,3)39(40,41)42)33(49)47-21-25(57-32-26-13-12-24(54-5)17-22(26)18-29(43-32)55-6)19-27(47)31(48)45-38(20-23(38)11-9-8-10-16-56-28)34(50)46-59(52,53)37(4)14-15-37/h9,11-13,17-18,23,25,27-28,30H,7-8,10,14-16,19-21H2,1-6H3,(H,44,51)(H,45,48)(H,46,50). The maximum Gasteiger partial charge on any atom is 0.427 e. The van der Waals surface area contributed by atoms with Gasteiger partial charge in [-0.1, -0.05) is 19.1 Å². The van der Waals surface area contributed by atoms with Crippen molar-refractivity contribution < 1.29 is 64.5 Å². The van der Waals surface area contributed by atoms with Crippen LogP contribution in [0, 0.1) is 5.92 Å². The van der Waals surface area contributed by atoms with Crippen LogP contribution >= 0.6 is 0 Å². The highest BCUT2D eigenvalue weighted by Gasteiger charge is 2.63. The second-order valence-electron chi connectivity index (χ2n) is 16.1. The van der Waals surface area contributed by atoms with Crippen LogP contribution in [0.4, 0.5) is 18.0 Å². The first-order valence-corrected chi connectivity index (χ1v) is 20.9. The van der Waals surface area contributed by atoms with Crippen LogP contribution in [0.3, 0.4) is 0 Å². The van der Waals surface area contributed by atoms with E-state index in [1.165, 1.54) is 21.1 Å². The lowest BCUT2D eigenvalue weighted by atomic mass is 10.1. The number of nitrogens with zero attached hydrogens (tertiary/aromatic N) is 2. The molecule has 0 radical (unpaired) electrons. The summed E-state index contributed by atoms with van der Waals surface area (Å²) in [5.74, 6) is -2.43. The Hall–Kier alpha value is -4.85. The molecule has 3 fully saturated rings. The van der Waals surface area contributed by atoms with E-state index < -0.39 is 86.1 Å². The van der Waals surface area contributed by atoms with Gasteiger partial charge in [0.1, 0.15) is 29.5 Å². The lowest BCUT2D eigenvalue weighted by molar-refractivity contribution is -0.244. The number of sulfonamides is 1. The average Bonchev–Trinajstić information content (AvgIpc) is 4.05. The number of rotatable bonds is 10. The third-order valence-corrected chi connectivity index (χ3v) is 13.6. The quantitative estimate of drug-likeness (QED) is 0.290. The molecule has 6 unspecified atom stereocenters. The zero-order chi connectivity index (χ0) is 43.1. The molecular weight excluding hydrogens is 804 g/mol. The fourth-order valence-corrected chi connectivity index (χ4v) is 8.50. The van der Waals surface area contributed by atoms with Gasteiger partial charge in [0.15, 0.2) is 0 Å². The Bertz CT molecular complexity index is 2110. The van der Waals surface area contributed by atoms with Gasteiger partial charge in [-0.15, -0.1) is 0 Å². The molecule has 324 valence electrons. The van der Waals surface area contributed by atoms with Crippen molar-refractivity contribution >= 4 is 44.6 Å². The van der Waals surface area contributed by atoms with Gasteiger partial charge in [0, 0.05) is 30.4 Å². The number of methoxy groups -OCH3 is 2. The second kappa shape index (κ2) is 16.3. The summed E-state index contributed by atoms with van der Waals surface area (Å²) in [6.07, 6.45) is -3.48. The van der Waals surface area contributed by atoms with Gasteiger partial charge in [0.2, 0.25) is 39.2 Å². The number of aromatic nitrogens is 1. The van der Waals surface area contributed by atoms with Crippen molar-refractivity contribution in [2.24, 2.45) is 5.92 Å². The summed E-state index contributed by atoms with van der Waals surface area (Å²) in [4.78, 5) is 61.9. The molecule has 3 N–H and O–H groups in total. The predicted octanol–water partition coefficient (Wildman–Crippen LogP) is 4.05. The molecule has 59 heavy (non-hydrogen) atoms. The van der Waals surface area contributed by atoms with Crippen molar-refractivity contribution in [2.75, 3.05) is 27.4 Å². The zero-order valence-corrected chi connectivity index (χ0v) is 34.5. The molecular formula is C39H50F3N5O11S. The number of nitrogens with one attached hydrogen (secondary N) is 3. The number of halogens is 3. The van der Waals surface area contributed by atoms with E-state index in [0.717, 1.165) is 4.90 Å². The van der Waals surface area contributed by atoms with E-state index in [2.05, 4.69) is 20.3 Å². The number of carbonyl (C=O) groups excluding carboxylic acids is 4. The van der Waals surface area contributed by atoms with E-state index in [9.17, 15) is 40.8 Å². The third kappa shape index (κ3) is 9.02. The van der Waals surface area contributed by atoms with Crippen LogP contribution in [0.25, 0.3) is 10.8 Å². The maximum atomic E-state index is 14.8. The molecule has 1 aromatic heterocycles. The summed E-state index contributed by atoms with van der Waals surface area (Å²) in [6, 6.07) is 3.75. The highest BCUT2D eigenvalue weighted by molar-refractivity contribution is 7.91. The van der Waals surface area contributed by atoms with Gasteiger partial charge in [-0.3, -0.25) is 19.1 Å². The minimum absolute atomic E-state index is 0.0657. The van der Waals surface area contributed by atoms with Crippen LogP contribution in [0.1, 0.15) is 72.6 Å². The molecule has 3 heterocycles. The van der Waals surface area contributed by atoms with Crippen LogP contribution in [0.2, 0.25) is 0 Å². The molecule has 2 saturated carbocycles. The predicted molar refractivity (Wildman–Crippen MR) is 205 cm³/mol. The van der Waals surface area contributed by atoms with E-state index >= 15 is 0 Å². The topological polar surface area (TPSA) is 201 Å². The number of carbonyl (C=O) groups is 4. The summed E-state index contributed by atoms with van der Waals surface area (Å²) in [5.41, 5.74) is -4.61. The summed E-state index contributed by atoms with van der Waals surface area (Å²) in [6.45, 7) is 4.28. The largest absolute Gasteiger partial charge is 0.497 e. The molecule has 20 heteroatoms. The number of benzene rings is 1. The number of ether oxygens (including phenoxy) is 5. The second-order valence-corrected chi connectivity index (χ2v) is 18.3. The number of alkyl carbamates (subject to hydrolysis) is 1. The van der Waals surface area contributed by atoms with Crippen molar-refractivity contribution in [3.63, 3.8) is 0 Å². The monoisotopic (exact) mass is 853 g/mol. The first kappa shape index (κ1) is 43.7. The van der Waals surface area contributed by atoms with E-state index in [1.54, 1.807) is 43.3 Å². The molecule has 4 aliphatic rings. The zero-order valence-electron chi connectivity index (χ0n) is 33.6. The highest BCUT2D eigenvalue weighted by atomic mass is 32.2. The summed E-state index contributed by atoms with van der Waals surface area (Å²) in [5, 5.41) is 6.22. The van der Waals surface area contributed by atoms with Crippen molar-refractivity contribution in [3.8, 4) is 17.5 Å². The molecule has 2 aromatic rings. The van der Waals surface area contributed by atoms with Crippen molar-refractivity contribution in [3.05, 3.63) is 36.4 Å². The molecule has 2 aliphatic carbocycles.